The molecule has 7 heteroatoms. The van der Waals surface area contributed by atoms with E-state index >= 15 is 0 Å². The van der Waals surface area contributed by atoms with Crippen molar-refractivity contribution in [3.8, 4) is 0 Å². The molecule has 0 aliphatic carbocycles. The zero-order valence-corrected chi connectivity index (χ0v) is 10.7. The van der Waals surface area contributed by atoms with E-state index in [1.807, 2.05) is 11.2 Å². The molecule has 2 rings (SSSR count). The highest BCUT2D eigenvalue weighted by molar-refractivity contribution is 7.99. The molecule has 6 nitrogen and oxygen atoms in total. The number of nitrogens with zero attached hydrogens (tertiary/aromatic N) is 4. The maximum absolute atomic E-state index is 11.7. The fourth-order valence-electron chi connectivity index (χ4n) is 1.89. The number of amides is 1. The van der Waals surface area contributed by atoms with Crippen molar-refractivity contribution in [1.29, 1.82) is 0 Å². The van der Waals surface area contributed by atoms with E-state index in [1.54, 1.807) is 11.8 Å². The fourth-order valence-corrected chi connectivity index (χ4v) is 2.32. The number of hydrogen-bond acceptors (Lipinski definition) is 5. The lowest BCUT2D eigenvalue weighted by molar-refractivity contribution is -0.130. The first kappa shape index (κ1) is 12.4. The minimum atomic E-state index is 0.247. The van der Waals surface area contributed by atoms with Crippen LogP contribution in [0.25, 0.3) is 0 Å². The molecule has 1 fully saturated rings. The first-order valence-corrected chi connectivity index (χ1v) is 7.02. The Morgan fingerprint density at radius 1 is 1.47 bits per heavy atom. The number of nitrogens with one attached hydrogen (secondary N) is 1. The Kier molecular flexibility index (Phi) is 4.38. The van der Waals surface area contributed by atoms with E-state index in [1.165, 1.54) is 6.33 Å². The molecule has 0 bridgehead atoms. The van der Waals surface area contributed by atoms with Crippen LogP contribution in [0.5, 0.6) is 0 Å². The number of carbonyl (C=O) groups is 1. The lowest BCUT2D eigenvalue weighted by Crippen LogP contribution is -2.48. The monoisotopic (exact) mass is 255 g/mol. The predicted octanol–water partition coefficient (Wildman–Crippen LogP) is -0.188. The normalized spacial score (nSPS) is 17.4. The first-order chi connectivity index (χ1) is 8.29. The number of piperazine rings is 1. The second-order valence-corrected chi connectivity index (χ2v) is 4.89. The van der Waals surface area contributed by atoms with Crippen LogP contribution in [-0.4, -0.2) is 69.1 Å². The largest absolute Gasteiger partial charge is 0.339 e. The maximum atomic E-state index is 11.7. The van der Waals surface area contributed by atoms with Crippen LogP contribution in [0, 0.1) is 0 Å². The Balaban J connectivity index is 1.76. The van der Waals surface area contributed by atoms with Crippen molar-refractivity contribution in [1.82, 2.24) is 25.0 Å². The Labute approximate surface area is 105 Å². The molecule has 0 unspecified atom stereocenters. The minimum Gasteiger partial charge on any atom is -0.339 e. The van der Waals surface area contributed by atoms with Crippen LogP contribution in [0.3, 0.4) is 0 Å². The Morgan fingerprint density at radius 2 is 2.24 bits per heavy atom. The summed E-state index contributed by atoms with van der Waals surface area (Å²) in [4.78, 5) is 20.0. The molecule has 0 saturated carbocycles. The number of H-pyrrole nitrogens is 1. The van der Waals surface area contributed by atoms with Crippen molar-refractivity contribution < 1.29 is 4.79 Å². The molecule has 2 heterocycles. The van der Waals surface area contributed by atoms with Gasteiger partial charge in [0.2, 0.25) is 5.91 Å². The summed E-state index contributed by atoms with van der Waals surface area (Å²) in [5.41, 5.74) is 0. The van der Waals surface area contributed by atoms with E-state index in [-0.39, 0.29) is 5.91 Å². The summed E-state index contributed by atoms with van der Waals surface area (Å²) in [7, 11) is 0. The molecule has 17 heavy (non-hydrogen) atoms. The predicted molar refractivity (Wildman–Crippen MR) is 66.6 cm³/mol. The second kappa shape index (κ2) is 6.02. The smallest absolute Gasteiger partial charge is 0.232 e. The van der Waals surface area contributed by atoms with E-state index in [0.29, 0.717) is 5.75 Å². The van der Waals surface area contributed by atoms with Gasteiger partial charge in [0.05, 0.1) is 12.3 Å². The van der Waals surface area contributed by atoms with Crippen LogP contribution >= 0.6 is 11.8 Å². The van der Waals surface area contributed by atoms with Gasteiger partial charge in [0.15, 0.2) is 0 Å². The quantitative estimate of drug-likeness (QED) is 0.808. The summed E-state index contributed by atoms with van der Waals surface area (Å²) in [5, 5.41) is 6.68. The standard InChI is InChI=1S/C10H17N5OS/c1-17-7-10(16)15-4-2-14(3-5-15)6-9-11-8-12-13-9/h8H,2-7H2,1H3,(H,11,12,13). The lowest BCUT2D eigenvalue weighted by Gasteiger charge is -2.34. The Morgan fingerprint density at radius 3 is 2.82 bits per heavy atom. The van der Waals surface area contributed by atoms with Gasteiger partial charge in [-0.25, -0.2) is 4.98 Å². The Hall–Kier alpha value is -1.08. The van der Waals surface area contributed by atoms with Crippen molar-refractivity contribution in [2.24, 2.45) is 0 Å². The van der Waals surface area contributed by atoms with Gasteiger partial charge in [0, 0.05) is 26.2 Å². The van der Waals surface area contributed by atoms with Crippen LogP contribution in [0.1, 0.15) is 5.82 Å². The summed E-state index contributed by atoms with van der Waals surface area (Å²) >= 11 is 1.58. The van der Waals surface area contributed by atoms with Gasteiger partial charge >= 0.3 is 0 Å². The highest BCUT2D eigenvalue weighted by atomic mass is 32.2. The van der Waals surface area contributed by atoms with Gasteiger partial charge in [-0.1, -0.05) is 0 Å². The highest BCUT2D eigenvalue weighted by Gasteiger charge is 2.20. The van der Waals surface area contributed by atoms with Crippen molar-refractivity contribution in [3.05, 3.63) is 12.2 Å². The summed E-state index contributed by atoms with van der Waals surface area (Å²) in [6.45, 7) is 4.22. The highest BCUT2D eigenvalue weighted by Crippen LogP contribution is 2.06. The molecular weight excluding hydrogens is 238 g/mol. The van der Waals surface area contributed by atoms with Gasteiger partial charge in [-0.05, 0) is 6.26 Å². The number of thioether (sulfide) groups is 1. The van der Waals surface area contributed by atoms with Gasteiger partial charge in [0.1, 0.15) is 12.2 Å². The van der Waals surface area contributed by atoms with Gasteiger partial charge in [0.25, 0.3) is 0 Å². The van der Waals surface area contributed by atoms with Crippen molar-refractivity contribution in [2.45, 2.75) is 6.54 Å². The molecule has 0 radical (unpaired) electrons. The molecule has 1 aromatic heterocycles. The van der Waals surface area contributed by atoms with E-state index < -0.39 is 0 Å². The summed E-state index contributed by atoms with van der Waals surface area (Å²) in [5.74, 6) is 1.72. The zero-order chi connectivity index (χ0) is 12.1. The zero-order valence-electron chi connectivity index (χ0n) is 9.93. The van der Waals surface area contributed by atoms with Crippen molar-refractivity contribution >= 4 is 17.7 Å². The molecule has 1 saturated heterocycles. The Bertz CT molecular complexity index is 348. The number of aromatic nitrogens is 3. The minimum absolute atomic E-state index is 0.247. The van der Waals surface area contributed by atoms with Crippen LogP contribution in [0.15, 0.2) is 6.33 Å². The molecule has 1 aliphatic heterocycles. The van der Waals surface area contributed by atoms with E-state index in [9.17, 15) is 4.79 Å². The van der Waals surface area contributed by atoms with Crippen molar-refractivity contribution in [2.75, 3.05) is 38.2 Å². The average molecular weight is 255 g/mol. The summed E-state index contributed by atoms with van der Waals surface area (Å²) in [6.07, 6.45) is 3.48. The van der Waals surface area contributed by atoms with Crippen LogP contribution < -0.4 is 0 Å². The van der Waals surface area contributed by atoms with Crippen LogP contribution in [-0.2, 0) is 11.3 Å². The number of carbonyl (C=O) groups excluding carboxylic acids is 1. The molecular formula is C10H17N5OS. The van der Waals surface area contributed by atoms with Gasteiger partial charge in [-0.2, -0.15) is 16.9 Å². The van der Waals surface area contributed by atoms with E-state index in [4.69, 9.17) is 0 Å². The van der Waals surface area contributed by atoms with Gasteiger partial charge in [-0.15, -0.1) is 0 Å². The molecule has 1 amide bonds. The summed E-state index contributed by atoms with van der Waals surface area (Å²) in [6, 6.07) is 0. The third kappa shape index (κ3) is 3.44. The maximum Gasteiger partial charge on any atom is 0.232 e. The number of hydrogen-bond donors (Lipinski definition) is 1. The average Bonchev–Trinajstić information content (AvgIpc) is 2.83. The number of rotatable bonds is 4. The van der Waals surface area contributed by atoms with Gasteiger partial charge < -0.3 is 4.90 Å². The third-order valence-corrected chi connectivity index (χ3v) is 3.37. The molecule has 0 spiro atoms. The first-order valence-electron chi connectivity index (χ1n) is 5.63. The fraction of sp³-hybridized carbons (Fsp3) is 0.700. The SMILES string of the molecule is CSCC(=O)N1CCN(Cc2ncn[nH]2)CC1. The second-order valence-electron chi connectivity index (χ2n) is 4.02. The lowest BCUT2D eigenvalue weighted by atomic mass is 10.3. The third-order valence-electron chi connectivity index (χ3n) is 2.83. The summed E-state index contributed by atoms with van der Waals surface area (Å²) < 4.78 is 0. The molecule has 0 atom stereocenters. The molecule has 0 aromatic carbocycles. The van der Waals surface area contributed by atoms with Gasteiger partial charge in [-0.3, -0.25) is 14.8 Å². The molecule has 1 N–H and O–H groups in total. The molecule has 94 valence electrons. The number of aromatic amines is 1. The van der Waals surface area contributed by atoms with E-state index in [2.05, 4.69) is 20.1 Å². The molecule has 1 aromatic rings. The van der Waals surface area contributed by atoms with E-state index in [0.717, 1.165) is 38.5 Å². The molecule has 1 aliphatic rings. The van der Waals surface area contributed by atoms with Crippen molar-refractivity contribution in [3.63, 3.8) is 0 Å². The van der Waals surface area contributed by atoms with Crippen LogP contribution in [0.2, 0.25) is 0 Å². The van der Waals surface area contributed by atoms with Crippen LogP contribution in [0.4, 0.5) is 0 Å². The topological polar surface area (TPSA) is 65.1 Å².